The molecule has 114 valence electrons. The first-order valence-corrected chi connectivity index (χ1v) is 7.43. The molecule has 2 aromatic carbocycles. The third-order valence-corrected chi connectivity index (χ3v) is 3.63. The highest BCUT2D eigenvalue weighted by molar-refractivity contribution is 6.28. The predicted octanol–water partition coefficient (Wildman–Crippen LogP) is 3.52. The molecule has 0 amide bonds. The quantitative estimate of drug-likeness (QED) is 0.627. The molecule has 0 N–H and O–H groups in total. The number of ketones is 2. The van der Waals surface area contributed by atoms with Crippen LogP contribution in [0.4, 0.5) is 0 Å². The second-order valence-corrected chi connectivity index (χ2v) is 5.24. The first kappa shape index (κ1) is 15.1. The second-order valence-electron chi connectivity index (χ2n) is 5.24. The van der Waals surface area contributed by atoms with E-state index in [9.17, 15) is 9.59 Å². The summed E-state index contributed by atoms with van der Waals surface area (Å²) in [6.45, 7) is 0.328. The van der Waals surface area contributed by atoms with E-state index in [1.54, 1.807) is 42.5 Å². The third-order valence-electron chi connectivity index (χ3n) is 3.63. The number of Topliss-reactive ketones (excluding diaryl/α,β-unsaturated/α-hetero) is 2. The molecule has 3 rings (SSSR count). The lowest BCUT2D eigenvalue weighted by Gasteiger charge is -2.17. The van der Waals surface area contributed by atoms with E-state index < -0.39 is 6.10 Å². The van der Waals surface area contributed by atoms with Crippen LogP contribution in [0.15, 0.2) is 84.5 Å². The highest BCUT2D eigenvalue weighted by atomic mass is 16.5. The molecule has 0 saturated heterocycles. The molecule has 0 radical (unpaired) electrons. The van der Waals surface area contributed by atoms with Gasteiger partial charge in [0.05, 0.1) is 12.2 Å². The lowest BCUT2D eigenvalue weighted by atomic mass is 9.93. The predicted molar refractivity (Wildman–Crippen MR) is 88.0 cm³/mol. The molecule has 1 atom stereocenters. The summed E-state index contributed by atoms with van der Waals surface area (Å²) >= 11 is 0. The number of carbonyl (C=O) groups is 2. The lowest BCUT2D eigenvalue weighted by molar-refractivity contribution is -0.124. The van der Waals surface area contributed by atoms with E-state index >= 15 is 0 Å². The zero-order chi connectivity index (χ0) is 16.1. The van der Waals surface area contributed by atoms with Crippen molar-refractivity contribution in [1.82, 2.24) is 0 Å². The number of allylic oxidation sites excluding steroid dienone is 2. The van der Waals surface area contributed by atoms with Crippen LogP contribution in [0, 0.1) is 0 Å². The topological polar surface area (TPSA) is 43.4 Å². The molecule has 0 spiro atoms. The van der Waals surface area contributed by atoms with Crippen molar-refractivity contribution in [2.24, 2.45) is 0 Å². The van der Waals surface area contributed by atoms with Gasteiger partial charge in [0.25, 0.3) is 0 Å². The maximum Gasteiger partial charge on any atom is 0.199 e. The summed E-state index contributed by atoms with van der Waals surface area (Å²) in [7, 11) is 0. The molecule has 2 aromatic rings. The van der Waals surface area contributed by atoms with Gasteiger partial charge < -0.3 is 4.74 Å². The summed E-state index contributed by atoms with van der Waals surface area (Å²) in [5.41, 5.74) is 1.65. The number of ether oxygens (including phenoxy) is 1. The molecule has 0 bridgehead atoms. The molecule has 1 aliphatic carbocycles. The van der Waals surface area contributed by atoms with Gasteiger partial charge in [-0.3, -0.25) is 9.59 Å². The molecule has 0 fully saturated rings. The number of benzene rings is 2. The first-order valence-electron chi connectivity index (χ1n) is 7.43. The second kappa shape index (κ2) is 6.99. The van der Waals surface area contributed by atoms with Crippen LogP contribution in [0.5, 0.6) is 0 Å². The molecule has 0 heterocycles. The maximum absolute atomic E-state index is 12.5. The molecule has 3 heteroatoms. The zero-order valence-electron chi connectivity index (χ0n) is 12.5. The summed E-state index contributed by atoms with van der Waals surface area (Å²) in [5, 5.41) is 0. The Kier molecular flexibility index (Phi) is 4.60. The monoisotopic (exact) mass is 304 g/mol. The Morgan fingerprint density at radius 2 is 1.61 bits per heavy atom. The van der Waals surface area contributed by atoms with Crippen LogP contribution in [0.1, 0.15) is 15.9 Å². The Hall–Kier alpha value is -2.78. The van der Waals surface area contributed by atoms with E-state index in [0.717, 1.165) is 5.56 Å². The van der Waals surface area contributed by atoms with Gasteiger partial charge in [-0.05, 0) is 17.7 Å². The molecular formula is C20H16O3. The van der Waals surface area contributed by atoms with Crippen molar-refractivity contribution in [3.63, 3.8) is 0 Å². The minimum Gasteiger partial charge on any atom is -0.361 e. The van der Waals surface area contributed by atoms with Gasteiger partial charge in [0.2, 0.25) is 0 Å². The number of rotatable bonds is 5. The molecule has 0 aliphatic heterocycles. The Morgan fingerprint density at radius 1 is 0.957 bits per heavy atom. The summed E-state index contributed by atoms with van der Waals surface area (Å²) < 4.78 is 5.67. The van der Waals surface area contributed by atoms with E-state index in [1.165, 1.54) is 0 Å². The van der Waals surface area contributed by atoms with Crippen molar-refractivity contribution in [1.29, 1.82) is 0 Å². The average molecular weight is 304 g/mol. The Morgan fingerprint density at radius 3 is 2.30 bits per heavy atom. The normalized spacial score (nSPS) is 17.0. The van der Waals surface area contributed by atoms with E-state index in [0.29, 0.717) is 12.2 Å². The highest BCUT2D eigenvalue weighted by Gasteiger charge is 2.28. The smallest absolute Gasteiger partial charge is 0.199 e. The minimum absolute atomic E-state index is 0.164. The van der Waals surface area contributed by atoms with Crippen LogP contribution in [0.3, 0.4) is 0 Å². The number of hydrogen-bond donors (Lipinski definition) is 0. The SMILES string of the molecule is O=C(C1=CC=CC(OCc2ccccc2)C1=O)c1ccccc1. The van der Waals surface area contributed by atoms with Crippen molar-refractivity contribution >= 4 is 11.6 Å². The van der Waals surface area contributed by atoms with E-state index in [2.05, 4.69) is 0 Å². The largest absolute Gasteiger partial charge is 0.361 e. The average Bonchev–Trinajstić information content (AvgIpc) is 2.62. The van der Waals surface area contributed by atoms with Crippen LogP contribution in [-0.4, -0.2) is 17.7 Å². The van der Waals surface area contributed by atoms with Gasteiger partial charge in [0.15, 0.2) is 11.6 Å². The summed E-state index contributed by atoms with van der Waals surface area (Å²) in [5.74, 6) is -0.564. The molecule has 0 saturated carbocycles. The first-order chi connectivity index (χ1) is 11.3. The van der Waals surface area contributed by atoms with Crippen LogP contribution in [0.2, 0.25) is 0 Å². The van der Waals surface area contributed by atoms with Crippen molar-refractivity contribution in [3.8, 4) is 0 Å². The maximum atomic E-state index is 12.5. The van der Waals surface area contributed by atoms with Crippen LogP contribution in [0.25, 0.3) is 0 Å². The molecule has 3 nitrogen and oxygen atoms in total. The molecule has 1 aliphatic rings. The minimum atomic E-state index is -0.720. The van der Waals surface area contributed by atoms with Gasteiger partial charge in [0, 0.05) is 5.56 Å². The highest BCUT2D eigenvalue weighted by Crippen LogP contribution is 2.18. The Bertz CT molecular complexity index is 758. The summed E-state index contributed by atoms with van der Waals surface area (Å²) in [6, 6.07) is 18.4. The molecule has 23 heavy (non-hydrogen) atoms. The lowest BCUT2D eigenvalue weighted by Crippen LogP contribution is -2.29. The molecule has 1 unspecified atom stereocenters. The fraction of sp³-hybridized carbons (Fsp3) is 0.100. The Balaban J connectivity index is 1.70. The fourth-order valence-corrected chi connectivity index (χ4v) is 2.40. The van der Waals surface area contributed by atoms with Crippen LogP contribution < -0.4 is 0 Å². The Labute approximate surface area is 134 Å². The fourth-order valence-electron chi connectivity index (χ4n) is 2.40. The number of carbonyl (C=O) groups excluding carboxylic acids is 2. The van der Waals surface area contributed by atoms with Gasteiger partial charge in [-0.25, -0.2) is 0 Å². The van der Waals surface area contributed by atoms with E-state index in [-0.39, 0.29) is 17.1 Å². The zero-order valence-corrected chi connectivity index (χ0v) is 12.5. The van der Waals surface area contributed by atoms with Crippen molar-refractivity contribution in [2.45, 2.75) is 12.7 Å². The van der Waals surface area contributed by atoms with Crippen molar-refractivity contribution < 1.29 is 14.3 Å². The van der Waals surface area contributed by atoms with Gasteiger partial charge >= 0.3 is 0 Å². The van der Waals surface area contributed by atoms with Crippen molar-refractivity contribution in [3.05, 3.63) is 95.6 Å². The molecule has 0 aromatic heterocycles. The van der Waals surface area contributed by atoms with Gasteiger partial charge in [0.1, 0.15) is 6.10 Å². The standard InChI is InChI=1S/C20H16O3/c21-19(16-10-5-2-6-11-16)17-12-7-13-18(20(17)22)23-14-15-8-3-1-4-9-15/h1-13,18H,14H2. The van der Waals surface area contributed by atoms with Crippen LogP contribution in [-0.2, 0) is 16.1 Å². The van der Waals surface area contributed by atoms with Gasteiger partial charge in [-0.15, -0.1) is 0 Å². The van der Waals surface area contributed by atoms with E-state index in [1.807, 2.05) is 36.4 Å². The van der Waals surface area contributed by atoms with Crippen LogP contribution >= 0.6 is 0 Å². The van der Waals surface area contributed by atoms with Gasteiger partial charge in [-0.2, -0.15) is 0 Å². The third kappa shape index (κ3) is 3.52. The molecular weight excluding hydrogens is 288 g/mol. The van der Waals surface area contributed by atoms with Gasteiger partial charge in [-0.1, -0.05) is 66.7 Å². The van der Waals surface area contributed by atoms with Crippen molar-refractivity contribution in [2.75, 3.05) is 0 Å². The van der Waals surface area contributed by atoms with E-state index in [4.69, 9.17) is 4.74 Å². The number of hydrogen-bond acceptors (Lipinski definition) is 3. The summed E-state index contributed by atoms with van der Waals surface area (Å²) in [4.78, 5) is 24.9. The summed E-state index contributed by atoms with van der Waals surface area (Å²) in [6.07, 6.45) is 4.21.